The molecule has 0 unspecified atom stereocenters. The molecule has 0 aromatic carbocycles. The summed E-state index contributed by atoms with van der Waals surface area (Å²) in [5.74, 6) is 1.18. The van der Waals surface area contributed by atoms with Crippen LogP contribution in [0.1, 0.15) is 25.5 Å². The second kappa shape index (κ2) is 4.70. The highest BCUT2D eigenvalue weighted by Gasteiger charge is 2.00. The number of nitrogens with zero attached hydrogens (tertiary/aromatic N) is 1. The van der Waals surface area contributed by atoms with Gasteiger partial charge in [-0.05, 0) is 25.5 Å². The molecule has 0 saturated heterocycles. The number of aromatic nitrogens is 1. The molecule has 0 atom stereocenters. The smallest absolute Gasteiger partial charge is 0.166 e. The van der Waals surface area contributed by atoms with E-state index in [1.54, 1.807) is 0 Å². The van der Waals surface area contributed by atoms with Crippen LogP contribution in [0.2, 0.25) is 0 Å². The zero-order valence-corrected chi connectivity index (χ0v) is 8.21. The lowest BCUT2D eigenvalue weighted by Gasteiger charge is -2.07. The third kappa shape index (κ3) is 2.93. The molecule has 0 saturated carbocycles. The monoisotopic (exact) mass is 180 g/mol. The van der Waals surface area contributed by atoms with Crippen LogP contribution in [0.3, 0.4) is 0 Å². The van der Waals surface area contributed by atoms with Gasteiger partial charge in [-0.25, -0.2) is 4.98 Å². The Morgan fingerprint density at radius 1 is 1.46 bits per heavy atom. The fraction of sp³-hybridized carbons (Fsp3) is 0.500. The van der Waals surface area contributed by atoms with E-state index in [0.717, 1.165) is 18.5 Å². The summed E-state index contributed by atoms with van der Waals surface area (Å²) in [5, 5.41) is 0. The highest BCUT2D eigenvalue weighted by atomic mass is 16.5. The van der Waals surface area contributed by atoms with Crippen molar-refractivity contribution in [3.63, 3.8) is 0 Å². The SMILES string of the molecule is CCCCOc1ccc(C)nc1N. The quantitative estimate of drug-likeness (QED) is 0.722. The molecule has 0 aliphatic heterocycles. The molecule has 0 aliphatic rings. The summed E-state index contributed by atoms with van der Waals surface area (Å²) in [6.07, 6.45) is 2.17. The first kappa shape index (κ1) is 9.84. The molecule has 0 spiro atoms. The van der Waals surface area contributed by atoms with Gasteiger partial charge in [0.25, 0.3) is 0 Å². The number of rotatable bonds is 4. The Labute approximate surface area is 78.9 Å². The highest BCUT2D eigenvalue weighted by Crippen LogP contribution is 2.18. The van der Waals surface area contributed by atoms with Crippen LogP contribution in [0.5, 0.6) is 5.75 Å². The molecule has 0 radical (unpaired) electrons. The average Bonchev–Trinajstić information content (AvgIpc) is 2.09. The second-order valence-corrected chi connectivity index (χ2v) is 3.04. The van der Waals surface area contributed by atoms with Gasteiger partial charge in [-0.3, -0.25) is 0 Å². The topological polar surface area (TPSA) is 48.1 Å². The normalized spacial score (nSPS) is 10.0. The van der Waals surface area contributed by atoms with Gasteiger partial charge in [0.05, 0.1) is 6.61 Å². The number of nitrogen functional groups attached to an aromatic ring is 1. The fourth-order valence-corrected chi connectivity index (χ4v) is 1.01. The molecule has 3 heteroatoms. The van der Waals surface area contributed by atoms with Crippen molar-refractivity contribution < 1.29 is 4.74 Å². The third-order valence-corrected chi connectivity index (χ3v) is 1.78. The molecule has 1 rings (SSSR count). The summed E-state index contributed by atoms with van der Waals surface area (Å²) in [6, 6.07) is 3.77. The minimum atomic E-state index is 0.483. The van der Waals surface area contributed by atoms with Crippen LogP contribution in [0.25, 0.3) is 0 Å². The van der Waals surface area contributed by atoms with Crippen LogP contribution < -0.4 is 10.5 Å². The number of aryl methyl sites for hydroxylation is 1. The van der Waals surface area contributed by atoms with Gasteiger partial charge in [-0.2, -0.15) is 0 Å². The van der Waals surface area contributed by atoms with Gasteiger partial charge >= 0.3 is 0 Å². The lowest BCUT2D eigenvalue weighted by molar-refractivity contribution is 0.310. The first-order valence-electron chi connectivity index (χ1n) is 4.60. The van der Waals surface area contributed by atoms with Crippen molar-refractivity contribution in [2.45, 2.75) is 26.7 Å². The van der Waals surface area contributed by atoms with E-state index in [-0.39, 0.29) is 0 Å². The number of hydrogen-bond acceptors (Lipinski definition) is 3. The van der Waals surface area contributed by atoms with Gasteiger partial charge < -0.3 is 10.5 Å². The van der Waals surface area contributed by atoms with Crippen LogP contribution in [0, 0.1) is 6.92 Å². The predicted molar refractivity (Wildman–Crippen MR) is 53.8 cm³/mol. The maximum atomic E-state index is 5.67. The summed E-state index contributed by atoms with van der Waals surface area (Å²) in [4.78, 5) is 4.11. The number of anilines is 1. The summed E-state index contributed by atoms with van der Waals surface area (Å²) in [5.41, 5.74) is 6.58. The maximum absolute atomic E-state index is 5.67. The number of unbranched alkanes of at least 4 members (excludes halogenated alkanes) is 1. The fourth-order valence-electron chi connectivity index (χ4n) is 1.01. The van der Waals surface area contributed by atoms with Gasteiger partial charge in [-0.15, -0.1) is 0 Å². The number of nitrogens with two attached hydrogens (primary N) is 1. The zero-order chi connectivity index (χ0) is 9.68. The molecule has 0 fully saturated rings. The first-order valence-corrected chi connectivity index (χ1v) is 4.60. The van der Waals surface area contributed by atoms with Gasteiger partial charge in [-0.1, -0.05) is 13.3 Å². The van der Waals surface area contributed by atoms with E-state index in [1.165, 1.54) is 0 Å². The molecule has 1 heterocycles. The molecule has 1 aromatic heterocycles. The Balaban J connectivity index is 2.56. The van der Waals surface area contributed by atoms with Crippen molar-refractivity contribution in [3.05, 3.63) is 17.8 Å². The zero-order valence-electron chi connectivity index (χ0n) is 8.21. The Hall–Kier alpha value is -1.25. The maximum Gasteiger partial charge on any atom is 0.166 e. The standard InChI is InChI=1S/C10H16N2O/c1-3-4-7-13-9-6-5-8(2)12-10(9)11/h5-6H,3-4,7H2,1-2H3,(H2,11,12). The third-order valence-electron chi connectivity index (χ3n) is 1.78. The van der Waals surface area contributed by atoms with Crippen LogP contribution in [-0.4, -0.2) is 11.6 Å². The molecule has 0 aliphatic carbocycles. The Bertz CT molecular complexity index is 274. The minimum absolute atomic E-state index is 0.483. The van der Waals surface area contributed by atoms with E-state index in [4.69, 9.17) is 10.5 Å². The largest absolute Gasteiger partial charge is 0.490 e. The molecule has 0 bridgehead atoms. The second-order valence-electron chi connectivity index (χ2n) is 3.04. The molecule has 3 nitrogen and oxygen atoms in total. The molecule has 2 N–H and O–H groups in total. The van der Waals surface area contributed by atoms with Gasteiger partial charge in [0.2, 0.25) is 0 Å². The van der Waals surface area contributed by atoms with Crippen molar-refractivity contribution in [3.8, 4) is 5.75 Å². The number of hydrogen-bond donors (Lipinski definition) is 1. The van der Waals surface area contributed by atoms with E-state index in [1.807, 2.05) is 19.1 Å². The van der Waals surface area contributed by atoms with Crippen LogP contribution >= 0.6 is 0 Å². The molecule has 0 amide bonds. The summed E-state index contributed by atoms with van der Waals surface area (Å²) < 4.78 is 5.44. The van der Waals surface area contributed by atoms with Crippen molar-refractivity contribution in [1.82, 2.24) is 4.98 Å². The molecule has 1 aromatic rings. The Kier molecular flexibility index (Phi) is 3.55. The van der Waals surface area contributed by atoms with Gasteiger partial charge in [0.15, 0.2) is 11.6 Å². The predicted octanol–water partition coefficient (Wildman–Crippen LogP) is 2.15. The van der Waals surface area contributed by atoms with Crippen molar-refractivity contribution in [2.24, 2.45) is 0 Å². The molecular formula is C10H16N2O. The average molecular weight is 180 g/mol. The van der Waals surface area contributed by atoms with E-state index in [2.05, 4.69) is 11.9 Å². The molecular weight excluding hydrogens is 164 g/mol. The van der Waals surface area contributed by atoms with Crippen LogP contribution in [-0.2, 0) is 0 Å². The molecule has 13 heavy (non-hydrogen) atoms. The summed E-state index contributed by atoms with van der Waals surface area (Å²) >= 11 is 0. The minimum Gasteiger partial charge on any atom is -0.490 e. The van der Waals surface area contributed by atoms with Crippen LogP contribution in [0.15, 0.2) is 12.1 Å². The van der Waals surface area contributed by atoms with E-state index >= 15 is 0 Å². The van der Waals surface area contributed by atoms with Gasteiger partial charge in [0.1, 0.15) is 0 Å². The van der Waals surface area contributed by atoms with E-state index < -0.39 is 0 Å². The van der Waals surface area contributed by atoms with Crippen molar-refractivity contribution in [1.29, 1.82) is 0 Å². The van der Waals surface area contributed by atoms with Crippen LogP contribution in [0.4, 0.5) is 5.82 Å². The number of ether oxygens (including phenoxy) is 1. The van der Waals surface area contributed by atoms with Crippen molar-refractivity contribution in [2.75, 3.05) is 12.3 Å². The number of pyridine rings is 1. The Morgan fingerprint density at radius 3 is 2.85 bits per heavy atom. The highest BCUT2D eigenvalue weighted by molar-refractivity contribution is 5.46. The summed E-state index contributed by atoms with van der Waals surface area (Å²) in [7, 11) is 0. The first-order chi connectivity index (χ1) is 6.24. The summed E-state index contributed by atoms with van der Waals surface area (Å²) in [6.45, 7) is 4.75. The van der Waals surface area contributed by atoms with E-state index in [9.17, 15) is 0 Å². The Morgan fingerprint density at radius 2 is 2.23 bits per heavy atom. The lowest BCUT2D eigenvalue weighted by atomic mass is 10.3. The molecule has 72 valence electrons. The van der Waals surface area contributed by atoms with E-state index in [0.29, 0.717) is 18.2 Å². The lowest BCUT2D eigenvalue weighted by Crippen LogP contribution is -2.01. The van der Waals surface area contributed by atoms with Gasteiger partial charge in [0, 0.05) is 5.69 Å². The van der Waals surface area contributed by atoms with Crippen molar-refractivity contribution >= 4 is 5.82 Å².